The number of amides is 1. The highest BCUT2D eigenvalue weighted by molar-refractivity contribution is 9.11. The minimum atomic E-state index is -0.600. The molecule has 0 fully saturated rings. The summed E-state index contributed by atoms with van der Waals surface area (Å²) in [5.74, 6) is 0.454. The molecule has 0 saturated carbocycles. The lowest BCUT2D eigenvalue weighted by Gasteiger charge is -2.17. The summed E-state index contributed by atoms with van der Waals surface area (Å²) in [4.78, 5) is 12.3. The quantitative estimate of drug-likeness (QED) is 0.726. The number of nitrogens with one attached hydrogen (secondary N) is 1. The molecule has 0 aromatic heterocycles. The normalized spacial score (nSPS) is 11.9. The zero-order valence-electron chi connectivity index (χ0n) is 12.6. The Labute approximate surface area is 147 Å². The van der Waals surface area contributed by atoms with E-state index in [-0.39, 0.29) is 5.91 Å². The van der Waals surface area contributed by atoms with Crippen molar-refractivity contribution >= 4 is 43.5 Å². The molecule has 0 radical (unpaired) electrons. The van der Waals surface area contributed by atoms with E-state index in [1.165, 1.54) is 0 Å². The van der Waals surface area contributed by atoms with Crippen molar-refractivity contribution in [3.05, 3.63) is 56.5 Å². The number of carbonyl (C=O) groups is 1. The van der Waals surface area contributed by atoms with Gasteiger partial charge in [0.05, 0.1) is 4.47 Å². The number of rotatable bonds is 4. The summed E-state index contributed by atoms with van der Waals surface area (Å²) in [6.07, 6.45) is -0.600. The average molecular weight is 427 g/mol. The van der Waals surface area contributed by atoms with Crippen LogP contribution in [0.3, 0.4) is 0 Å². The largest absolute Gasteiger partial charge is 0.480 e. The first kappa shape index (κ1) is 17.0. The molecule has 22 heavy (non-hydrogen) atoms. The molecule has 2 rings (SSSR count). The fraction of sp³-hybridized carbons (Fsp3) is 0.235. The van der Waals surface area contributed by atoms with Crippen LogP contribution >= 0.6 is 31.9 Å². The minimum Gasteiger partial charge on any atom is -0.480 e. The summed E-state index contributed by atoms with van der Waals surface area (Å²) in [6, 6.07) is 11.5. The van der Waals surface area contributed by atoms with Crippen LogP contribution < -0.4 is 10.1 Å². The zero-order chi connectivity index (χ0) is 16.3. The number of hydrogen-bond acceptors (Lipinski definition) is 2. The molecule has 1 amide bonds. The van der Waals surface area contributed by atoms with E-state index in [1.807, 2.05) is 50.2 Å². The van der Waals surface area contributed by atoms with Gasteiger partial charge < -0.3 is 10.1 Å². The van der Waals surface area contributed by atoms with Crippen molar-refractivity contribution in [1.29, 1.82) is 0 Å². The van der Waals surface area contributed by atoms with E-state index >= 15 is 0 Å². The first-order chi connectivity index (χ1) is 10.4. The Hall–Kier alpha value is -1.33. The van der Waals surface area contributed by atoms with Gasteiger partial charge in [0.1, 0.15) is 5.75 Å². The fourth-order valence-electron chi connectivity index (χ4n) is 1.92. The first-order valence-corrected chi connectivity index (χ1v) is 8.45. The Morgan fingerprint density at radius 3 is 2.55 bits per heavy atom. The lowest BCUT2D eigenvalue weighted by Crippen LogP contribution is -2.30. The molecule has 0 aliphatic carbocycles. The second kappa shape index (κ2) is 7.29. The van der Waals surface area contributed by atoms with Crippen LogP contribution in [0.4, 0.5) is 5.69 Å². The van der Waals surface area contributed by atoms with Crippen LogP contribution in [0.2, 0.25) is 0 Å². The molecule has 116 valence electrons. The van der Waals surface area contributed by atoms with Gasteiger partial charge in [0, 0.05) is 10.2 Å². The molecular weight excluding hydrogens is 410 g/mol. The summed E-state index contributed by atoms with van der Waals surface area (Å²) < 4.78 is 7.47. The van der Waals surface area contributed by atoms with Gasteiger partial charge in [0.25, 0.3) is 5.91 Å². The molecule has 0 aliphatic heterocycles. The lowest BCUT2D eigenvalue weighted by atomic mass is 10.1. The summed E-state index contributed by atoms with van der Waals surface area (Å²) >= 11 is 6.81. The Bertz CT molecular complexity index is 701. The van der Waals surface area contributed by atoms with Crippen LogP contribution in [0.25, 0.3) is 0 Å². The molecule has 0 heterocycles. The highest BCUT2D eigenvalue weighted by Gasteiger charge is 2.17. The van der Waals surface area contributed by atoms with Crippen LogP contribution in [0.5, 0.6) is 5.75 Å². The number of ether oxygens (including phenoxy) is 1. The number of anilines is 1. The molecule has 0 unspecified atom stereocenters. The Morgan fingerprint density at radius 1 is 1.14 bits per heavy atom. The van der Waals surface area contributed by atoms with Gasteiger partial charge in [0.15, 0.2) is 6.10 Å². The van der Waals surface area contributed by atoms with Crippen molar-refractivity contribution in [2.45, 2.75) is 26.9 Å². The predicted molar refractivity (Wildman–Crippen MR) is 96.5 cm³/mol. The van der Waals surface area contributed by atoms with E-state index in [4.69, 9.17) is 4.74 Å². The van der Waals surface area contributed by atoms with Crippen LogP contribution in [0.15, 0.2) is 45.3 Å². The fourth-order valence-corrected chi connectivity index (χ4v) is 3.06. The van der Waals surface area contributed by atoms with Crippen molar-refractivity contribution in [2.75, 3.05) is 5.32 Å². The van der Waals surface area contributed by atoms with E-state index in [0.29, 0.717) is 5.75 Å². The number of halogens is 2. The number of hydrogen-bond donors (Lipinski definition) is 1. The molecule has 1 atom stereocenters. The van der Waals surface area contributed by atoms with Crippen LogP contribution in [-0.4, -0.2) is 12.0 Å². The third-order valence-corrected chi connectivity index (χ3v) is 4.33. The SMILES string of the molecule is Cc1ccc(C)c(NC(=O)[C@@H](C)Oc2ccc(Br)cc2Br)c1. The van der Waals surface area contributed by atoms with E-state index < -0.39 is 6.10 Å². The second-order valence-corrected chi connectivity index (χ2v) is 6.91. The average Bonchev–Trinajstić information content (AvgIpc) is 2.45. The predicted octanol–water partition coefficient (Wildman–Crippen LogP) is 5.23. The van der Waals surface area contributed by atoms with Crippen LogP contribution in [0, 0.1) is 13.8 Å². The molecule has 3 nitrogen and oxygen atoms in total. The van der Waals surface area contributed by atoms with Crippen LogP contribution in [0.1, 0.15) is 18.1 Å². The summed E-state index contributed by atoms with van der Waals surface area (Å²) in [6.45, 7) is 5.69. The van der Waals surface area contributed by atoms with E-state index in [0.717, 1.165) is 25.8 Å². The molecule has 1 N–H and O–H groups in total. The maximum atomic E-state index is 12.3. The monoisotopic (exact) mass is 425 g/mol. The van der Waals surface area contributed by atoms with E-state index in [1.54, 1.807) is 6.92 Å². The third kappa shape index (κ3) is 4.34. The maximum Gasteiger partial charge on any atom is 0.265 e. The van der Waals surface area contributed by atoms with Crippen molar-refractivity contribution in [3.8, 4) is 5.75 Å². The van der Waals surface area contributed by atoms with Gasteiger partial charge in [-0.15, -0.1) is 0 Å². The summed E-state index contributed by atoms with van der Waals surface area (Å²) in [7, 11) is 0. The molecule has 0 aliphatic rings. The Kier molecular flexibility index (Phi) is 5.64. The second-order valence-electron chi connectivity index (χ2n) is 5.14. The minimum absolute atomic E-state index is 0.177. The molecule has 5 heteroatoms. The molecule has 0 saturated heterocycles. The topological polar surface area (TPSA) is 38.3 Å². The number of carbonyl (C=O) groups excluding carboxylic acids is 1. The molecule has 0 spiro atoms. The molecule has 0 bridgehead atoms. The Balaban J connectivity index is 2.07. The van der Waals surface area contributed by atoms with Crippen molar-refractivity contribution in [2.24, 2.45) is 0 Å². The van der Waals surface area contributed by atoms with Gasteiger partial charge in [-0.05, 0) is 72.1 Å². The third-order valence-electron chi connectivity index (χ3n) is 3.22. The highest BCUT2D eigenvalue weighted by atomic mass is 79.9. The zero-order valence-corrected chi connectivity index (χ0v) is 15.8. The molecule has 2 aromatic rings. The Morgan fingerprint density at radius 2 is 1.86 bits per heavy atom. The van der Waals surface area contributed by atoms with Gasteiger partial charge in [-0.25, -0.2) is 0 Å². The summed E-state index contributed by atoms with van der Waals surface area (Å²) in [5, 5.41) is 2.91. The van der Waals surface area contributed by atoms with Crippen molar-refractivity contribution in [1.82, 2.24) is 0 Å². The standard InChI is InChI=1S/C17H17Br2NO2/c1-10-4-5-11(2)15(8-10)20-17(21)12(3)22-16-7-6-13(18)9-14(16)19/h4-9,12H,1-3H3,(H,20,21)/t12-/m1/s1. The maximum absolute atomic E-state index is 12.3. The van der Waals surface area contributed by atoms with E-state index in [2.05, 4.69) is 37.2 Å². The van der Waals surface area contributed by atoms with Gasteiger partial charge in [-0.2, -0.15) is 0 Å². The summed E-state index contributed by atoms with van der Waals surface area (Å²) in [5.41, 5.74) is 2.94. The molecular formula is C17H17Br2NO2. The smallest absolute Gasteiger partial charge is 0.265 e. The first-order valence-electron chi connectivity index (χ1n) is 6.86. The van der Waals surface area contributed by atoms with Gasteiger partial charge >= 0.3 is 0 Å². The molecule has 2 aromatic carbocycles. The number of aryl methyl sites for hydroxylation is 2. The van der Waals surface area contributed by atoms with Gasteiger partial charge in [-0.3, -0.25) is 4.79 Å². The number of benzene rings is 2. The van der Waals surface area contributed by atoms with Crippen LogP contribution in [-0.2, 0) is 4.79 Å². The van der Waals surface area contributed by atoms with Crippen molar-refractivity contribution < 1.29 is 9.53 Å². The van der Waals surface area contributed by atoms with E-state index in [9.17, 15) is 4.79 Å². The van der Waals surface area contributed by atoms with Gasteiger partial charge in [0.2, 0.25) is 0 Å². The highest BCUT2D eigenvalue weighted by Crippen LogP contribution is 2.29. The van der Waals surface area contributed by atoms with Crippen molar-refractivity contribution in [3.63, 3.8) is 0 Å². The van der Waals surface area contributed by atoms with Gasteiger partial charge in [-0.1, -0.05) is 28.1 Å². The lowest BCUT2D eigenvalue weighted by molar-refractivity contribution is -0.122.